The lowest BCUT2D eigenvalue weighted by atomic mass is 10.1. The van der Waals surface area contributed by atoms with Crippen LogP contribution in [0.2, 0.25) is 0 Å². The molecule has 5 heteroatoms. The molecule has 0 fully saturated rings. The van der Waals surface area contributed by atoms with E-state index in [2.05, 4.69) is 15.9 Å². The van der Waals surface area contributed by atoms with E-state index < -0.39 is 4.92 Å². The fourth-order valence-corrected chi connectivity index (χ4v) is 1.69. The first kappa shape index (κ1) is 11.1. The van der Waals surface area contributed by atoms with Gasteiger partial charge in [0.2, 0.25) is 0 Å². The third kappa shape index (κ3) is 3.08. The van der Waals surface area contributed by atoms with Crippen LogP contribution in [-0.2, 0) is 6.42 Å². The summed E-state index contributed by atoms with van der Waals surface area (Å²) in [6.07, 6.45) is 1.27. The number of hydrogen-bond donors (Lipinski definition) is 1. The van der Waals surface area contributed by atoms with Crippen molar-refractivity contribution in [2.24, 2.45) is 0 Å². The Morgan fingerprint density at radius 3 is 2.71 bits per heavy atom. The molecule has 0 aliphatic rings. The molecule has 0 aliphatic heterocycles. The second-order valence-corrected chi connectivity index (χ2v) is 3.82. The zero-order valence-corrected chi connectivity index (χ0v) is 9.03. The number of nitrogens with zero attached hydrogens (tertiary/aromatic N) is 1. The first-order valence-electron chi connectivity index (χ1n) is 4.18. The summed E-state index contributed by atoms with van der Waals surface area (Å²) < 4.78 is 0.694. The Morgan fingerprint density at radius 1 is 1.43 bits per heavy atom. The first-order chi connectivity index (χ1) is 6.63. The number of hydrogen-bond acceptors (Lipinski definition) is 3. The molecule has 0 bridgehead atoms. The van der Waals surface area contributed by atoms with E-state index in [1.165, 1.54) is 12.1 Å². The Kier molecular flexibility index (Phi) is 4.03. The van der Waals surface area contributed by atoms with Gasteiger partial charge < -0.3 is 5.11 Å². The number of halogens is 1. The van der Waals surface area contributed by atoms with E-state index in [0.29, 0.717) is 17.3 Å². The molecule has 1 aromatic carbocycles. The minimum atomic E-state index is -0.423. The summed E-state index contributed by atoms with van der Waals surface area (Å²) in [5.41, 5.74) is 0.937. The zero-order chi connectivity index (χ0) is 10.6. The summed E-state index contributed by atoms with van der Waals surface area (Å²) in [5.74, 6) is 0. The molecule has 0 heterocycles. The van der Waals surface area contributed by atoms with Crippen LogP contribution in [0.5, 0.6) is 0 Å². The third-order valence-corrected chi connectivity index (χ3v) is 2.23. The van der Waals surface area contributed by atoms with E-state index in [4.69, 9.17) is 5.11 Å². The second kappa shape index (κ2) is 5.07. The highest BCUT2D eigenvalue weighted by Gasteiger charge is 2.07. The maximum absolute atomic E-state index is 10.5. The largest absolute Gasteiger partial charge is 0.396 e. The van der Waals surface area contributed by atoms with Crippen LogP contribution in [0.1, 0.15) is 12.0 Å². The van der Waals surface area contributed by atoms with E-state index in [-0.39, 0.29) is 12.3 Å². The molecule has 14 heavy (non-hydrogen) atoms. The van der Waals surface area contributed by atoms with E-state index in [0.717, 1.165) is 5.56 Å². The van der Waals surface area contributed by atoms with Crippen LogP contribution in [0.25, 0.3) is 0 Å². The summed E-state index contributed by atoms with van der Waals surface area (Å²) in [6, 6.07) is 4.81. The minimum Gasteiger partial charge on any atom is -0.396 e. The monoisotopic (exact) mass is 259 g/mol. The van der Waals surface area contributed by atoms with Crippen LogP contribution in [0.15, 0.2) is 22.7 Å². The average Bonchev–Trinajstić information content (AvgIpc) is 2.14. The van der Waals surface area contributed by atoms with Crippen molar-refractivity contribution in [1.82, 2.24) is 0 Å². The predicted molar refractivity (Wildman–Crippen MR) is 56.2 cm³/mol. The lowest BCUT2D eigenvalue weighted by Gasteiger charge is -2.00. The van der Waals surface area contributed by atoms with Crippen LogP contribution >= 0.6 is 15.9 Å². The molecule has 0 spiro atoms. The van der Waals surface area contributed by atoms with Gasteiger partial charge in [0.05, 0.1) is 4.92 Å². The Bertz CT molecular complexity index is 341. The number of non-ortho nitro benzene ring substituents is 1. The summed E-state index contributed by atoms with van der Waals surface area (Å²) in [4.78, 5) is 10.1. The molecule has 0 unspecified atom stereocenters. The molecule has 0 radical (unpaired) electrons. The van der Waals surface area contributed by atoms with Crippen molar-refractivity contribution in [3.63, 3.8) is 0 Å². The molecule has 0 saturated carbocycles. The highest BCUT2D eigenvalue weighted by molar-refractivity contribution is 9.10. The lowest BCUT2D eigenvalue weighted by Crippen LogP contribution is -1.93. The Labute approximate surface area is 89.8 Å². The van der Waals surface area contributed by atoms with E-state index in [9.17, 15) is 10.1 Å². The molecule has 76 valence electrons. The average molecular weight is 260 g/mol. The van der Waals surface area contributed by atoms with Crippen molar-refractivity contribution >= 4 is 21.6 Å². The maximum Gasteiger partial charge on any atom is 0.270 e. The van der Waals surface area contributed by atoms with Crippen LogP contribution in [-0.4, -0.2) is 16.6 Å². The van der Waals surface area contributed by atoms with Crippen LogP contribution < -0.4 is 0 Å². The van der Waals surface area contributed by atoms with E-state index >= 15 is 0 Å². The molecule has 0 atom stereocenters. The van der Waals surface area contributed by atoms with Gasteiger partial charge in [-0.1, -0.05) is 15.9 Å². The second-order valence-electron chi connectivity index (χ2n) is 2.90. The van der Waals surface area contributed by atoms with Crippen molar-refractivity contribution in [3.05, 3.63) is 38.3 Å². The van der Waals surface area contributed by atoms with Crippen molar-refractivity contribution in [2.45, 2.75) is 12.8 Å². The van der Waals surface area contributed by atoms with Gasteiger partial charge in [0.25, 0.3) is 5.69 Å². The van der Waals surface area contributed by atoms with Gasteiger partial charge in [-0.25, -0.2) is 0 Å². The van der Waals surface area contributed by atoms with E-state index in [1.54, 1.807) is 0 Å². The first-order valence-corrected chi connectivity index (χ1v) is 4.97. The van der Waals surface area contributed by atoms with Gasteiger partial charge in [0.15, 0.2) is 0 Å². The van der Waals surface area contributed by atoms with Gasteiger partial charge in [-0.05, 0) is 24.5 Å². The Morgan fingerprint density at radius 2 is 2.14 bits per heavy atom. The molecule has 0 saturated heterocycles. The molecular weight excluding hydrogens is 250 g/mol. The summed E-state index contributed by atoms with van der Waals surface area (Å²) in [6.45, 7) is 0.0975. The minimum absolute atomic E-state index is 0.0762. The Hall–Kier alpha value is -0.940. The van der Waals surface area contributed by atoms with Gasteiger partial charge in [-0.3, -0.25) is 10.1 Å². The van der Waals surface area contributed by atoms with Gasteiger partial charge >= 0.3 is 0 Å². The van der Waals surface area contributed by atoms with Gasteiger partial charge in [0, 0.05) is 23.2 Å². The number of nitro benzene ring substituents is 1. The highest BCUT2D eigenvalue weighted by atomic mass is 79.9. The molecular formula is C9H10BrNO3. The molecule has 1 N–H and O–H groups in total. The maximum atomic E-state index is 10.5. The van der Waals surface area contributed by atoms with Crippen LogP contribution in [0, 0.1) is 10.1 Å². The normalized spacial score (nSPS) is 10.1. The molecule has 1 aromatic rings. The van der Waals surface area contributed by atoms with Crippen molar-refractivity contribution in [1.29, 1.82) is 0 Å². The molecule has 4 nitrogen and oxygen atoms in total. The fraction of sp³-hybridized carbons (Fsp3) is 0.333. The molecule has 1 rings (SSSR count). The summed E-state index contributed by atoms with van der Waals surface area (Å²) >= 11 is 3.21. The predicted octanol–water partition coefficient (Wildman–Crippen LogP) is 2.28. The Balaban J connectivity index is 2.89. The smallest absolute Gasteiger partial charge is 0.270 e. The number of aryl methyl sites for hydroxylation is 1. The van der Waals surface area contributed by atoms with Crippen molar-refractivity contribution in [3.8, 4) is 0 Å². The van der Waals surface area contributed by atoms with E-state index in [1.807, 2.05) is 6.07 Å². The summed E-state index contributed by atoms with van der Waals surface area (Å²) in [7, 11) is 0. The summed E-state index contributed by atoms with van der Waals surface area (Å²) in [5, 5.41) is 19.1. The van der Waals surface area contributed by atoms with Crippen LogP contribution in [0.4, 0.5) is 5.69 Å². The van der Waals surface area contributed by atoms with Gasteiger partial charge in [-0.2, -0.15) is 0 Å². The molecule has 0 amide bonds. The molecule has 0 aromatic heterocycles. The number of benzene rings is 1. The third-order valence-electron chi connectivity index (χ3n) is 1.78. The lowest BCUT2D eigenvalue weighted by molar-refractivity contribution is -0.385. The number of aliphatic hydroxyl groups excluding tert-OH is 1. The van der Waals surface area contributed by atoms with Crippen LogP contribution in [0.3, 0.4) is 0 Å². The standard InChI is InChI=1S/C9H10BrNO3/c10-8-4-7(2-1-3-12)5-9(6-8)11(13)14/h4-6,12H,1-3H2. The number of nitro groups is 1. The van der Waals surface area contributed by atoms with Gasteiger partial charge in [-0.15, -0.1) is 0 Å². The number of aliphatic hydroxyl groups is 1. The molecule has 0 aliphatic carbocycles. The van der Waals surface area contributed by atoms with Crippen molar-refractivity contribution < 1.29 is 10.0 Å². The number of rotatable bonds is 4. The SMILES string of the molecule is O=[N+]([O-])c1cc(Br)cc(CCCO)c1. The topological polar surface area (TPSA) is 63.4 Å². The quantitative estimate of drug-likeness (QED) is 0.667. The fourth-order valence-electron chi connectivity index (χ4n) is 1.17. The zero-order valence-electron chi connectivity index (χ0n) is 7.44. The highest BCUT2D eigenvalue weighted by Crippen LogP contribution is 2.21. The van der Waals surface area contributed by atoms with Crippen molar-refractivity contribution in [2.75, 3.05) is 6.61 Å². The van der Waals surface area contributed by atoms with Gasteiger partial charge in [0.1, 0.15) is 0 Å².